The van der Waals surface area contributed by atoms with Crippen LogP contribution in [0.5, 0.6) is 0 Å². The molecule has 0 heterocycles. The van der Waals surface area contributed by atoms with E-state index in [0.29, 0.717) is 5.33 Å². The molecule has 0 amide bonds. The summed E-state index contributed by atoms with van der Waals surface area (Å²) in [6.45, 7) is 0. The minimum absolute atomic E-state index is 0.196. The highest BCUT2D eigenvalue weighted by atomic mass is 79.9. The smallest absolute Gasteiger partial charge is 0.123 e. The number of allylic oxidation sites excluding steroid dienone is 2. The van der Waals surface area contributed by atoms with E-state index in [2.05, 4.69) is 43.7 Å². The van der Waals surface area contributed by atoms with Crippen molar-refractivity contribution in [1.29, 1.82) is 0 Å². The highest BCUT2D eigenvalue weighted by molar-refractivity contribution is 9.09. The maximum atomic E-state index is 13.0. The van der Waals surface area contributed by atoms with Gasteiger partial charge >= 0.3 is 0 Å². The fraction of sp³-hybridized carbons (Fsp3) is 0.231. The highest BCUT2D eigenvalue weighted by Gasteiger charge is 1.99. The van der Waals surface area contributed by atoms with Crippen molar-refractivity contribution in [3.63, 3.8) is 0 Å². The molecule has 1 rings (SSSR count). The number of halogens is 3. The quantitative estimate of drug-likeness (QED) is 0.571. The third-order valence-corrected chi connectivity index (χ3v) is 2.94. The van der Waals surface area contributed by atoms with Gasteiger partial charge in [-0.3, -0.25) is 0 Å². The van der Waals surface area contributed by atoms with E-state index in [1.165, 1.54) is 6.07 Å². The van der Waals surface area contributed by atoms with Gasteiger partial charge in [-0.05, 0) is 35.8 Å². The van der Waals surface area contributed by atoms with E-state index in [-0.39, 0.29) is 5.82 Å². The molecule has 1 aromatic carbocycles. The van der Waals surface area contributed by atoms with Gasteiger partial charge in [0.05, 0.1) is 5.33 Å². The lowest BCUT2D eigenvalue weighted by atomic mass is 10.1. The zero-order valence-electron chi connectivity index (χ0n) is 8.64. The largest absolute Gasteiger partial charge is 0.207 e. The average molecular weight is 346 g/mol. The van der Waals surface area contributed by atoms with Crippen molar-refractivity contribution in [1.82, 2.24) is 0 Å². The van der Waals surface area contributed by atoms with Gasteiger partial charge in [0, 0.05) is 5.33 Å². The Morgan fingerprint density at radius 2 is 2.19 bits per heavy atom. The lowest BCUT2D eigenvalue weighted by molar-refractivity contribution is 0.626. The molecule has 0 aliphatic carbocycles. The molecule has 0 aliphatic heterocycles. The molecule has 16 heavy (non-hydrogen) atoms. The highest BCUT2D eigenvalue weighted by Crippen LogP contribution is 2.11. The first-order chi connectivity index (χ1) is 7.76. The van der Waals surface area contributed by atoms with E-state index < -0.39 is 0 Å². The van der Waals surface area contributed by atoms with Gasteiger partial charge in [-0.15, -0.1) is 0 Å². The van der Waals surface area contributed by atoms with Gasteiger partial charge in [-0.25, -0.2) is 4.39 Å². The summed E-state index contributed by atoms with van der Waals surface area (Å²) in [4.78, 5) is 0. The molecule has 84 valence electrons. The summed E-state index contributed by atoms with van der Waals surface area (Å²) in [5, 5.41) is 1.42. The molecular formula is C13H11Br2F. The zero-order chi connectivity index (χ0) is 11.8. The van der Waals surface area contributed by atoms with Crippen molar-refractivity contribution in [3.8, 4) is 11.8 Å². The van der Waals surface area contributed by atoms with Crippen LogP contribution in [0.25, 0.3) is 0 Å². The second kappa shape index (κ2) is 7.65. The van der Waals surface area contributed by atoms with Crippen LogP contribution in [0.1, 0.15) is 5.56 Å². The first-order valence-corrected chi connectivity index (χ1v) is 7.03. The summed E-state index contributed by atoms with van der Waals surface area (Å²) in [6, 6.07) is 6.64. The molecule has 0 spiro atoms. The van der Waals surface area contributed by atoms with Gasteiger partial charge in [0.25, 0.3) is 0 Å². The van der Waals surface area contributed by atoms with Crippen LogP contribution >= 0.6 is 31.9 Å². The Morgan fingerprint density at radius 1 is 1.38 bits per heavy atom. The van der Waals surface area contributed by atoms with Crippen molar-refractivity contribution in [2.75, 3.05) is 10.7 Å². The standard InChI is InChI=1S/C13H11Br2F/c14-7-2-1-4-12(10-15)8-11-5-3-6-13(16)9-11/h3-6,9H,7-8,10H2/b12-4+. The Bertz CT molecular complexity index is 427. The average Bonchev–Trinajstić information content (AvgIpc) is 2.28. The number of hydrogen-bond acceptors (Lipinski definition) is 0. The van der Waals surface area contributed by atoms with Crippen LogP contribution in [0, 0.1) is 17.7 Å². The van der Waals surface area contributed by atoms with E-state index in [1.54, 1.807) is 12.1 Å². The molecule has 0 unspecified atom stereocenters. The van der Waals surface area contributed by atoms with Crippen LogP contribution < -0.4 is 0 Å². The second-order valence-electron chi connectivity index (χ2n) is 3.20. The van der Waals surface area contributed by atoms with Crippen molar-refractivity contribution in [2.45, 2.75) is 6.42 Å². The monoisotopic (exact) mass is 344 g/mol. The van der Waals surface area contributed by atoms with Gasteiger partial charge in [-0.2, -0.15) is 0 Å². The molecule has 0 bridgehead atoms. The van der Waals surface area contributed by atoms with Gasteiger partial charge in [-0.1, -0.05) is 55.8 Å². The molecule has 0 aromatic heterocycles. The molecule has 0 atom stereocenters. The van der Waals surface area contributed by atoms with Crippen LogP contribution in [0.2, 0.25) is 0 Å². The number of alkyl halides is 2. The minimum atomic E-state index is -0.196. The minimum Gasteiger partial charge on any atom is -0.207 e. The van der Waals surface area contributed by atoms with Gasteiger partial charge in [0.15, 0.2) is 0 Å². The summed E-state index contributed by atoms with van der Waals surface area (Å²) in [6.07, 6.45) is 2.60. The number of hydrogen-bond donors (Lipinski definition) is 0. The number of benzene rings is 1. The van der Waals surface area contributed by atoms with Crippen molar-refractivity contribution in [2.24, 2.45) is 0 Å². The van der Waals surface area contributed by atoms with Crippen molar-refractivity contribution in [3.05, 3.63) is 47.3 Å². The lowest BCUT2D eigenvalue weighted by Gasteiger charge is -2.02. The van der Waals surface area contributed by atoms with E-state index in [4.69, 9.17) is 0 Å². The van der Waals surface area contributed by atoms with Crippen LogP contribution in [0.4, 0.5) is 4.39 Å². The third-order valence-electron chi connectivity index (χ3n) is 1.94. The lowest BCUT2D eigenvalue weighted by Crippen LogP contribution is -1.92. The Balaban J connectivity index is 2.74. The SMILES string of the molecule is Fc1cccc(C/C(=C\C#CCBr)CBr)c1. The molecule has 0 nitrogen and oxygen atoms in total. The predicted molar refractivity (Wildman–Crippen MR) is 73.6 cm³/mol. The first-order valence-electron chi connectivity index (χ1n) is 4.79. The third kappa shape index (κ3) is 4.96. The van der Waals surface area contributed by atoms with Gasteiger partial charge < -0.3 is 0 Å². The fourth-order valence-corrected chi connectivity index (χ4v) is 1.76. The topological polar surface area (TPSA) is 0 Å². The Hall–Kier alpha value is -0.590. The summed E-state index contributed by atoms with van der Waals surface area (Å²) < 4.78 is 13.0. The first kappa shape index (κ1) is 13.5. The zero-order valence-corrected chi connectivity index (χ0v) is 11.8. The summed E-state index contributed by atoms with van der Waals surface area (Å²) in [5.41, 5.74) is 2.10. The van der Waals surface area contributed by atoms with Crippen molar-refractivity contribution < 1.29 is 4.39 Å². The Labute approximate surface area is 112 Å². The van der Waals surface area contributed by atoms with Crippen molar-refractivity contribution >= 4 is 31.9 Å². The molecule has 3 heteroatoms. The summed E-state index contributed by atoms with van der Waals surface area (Å²) in [5.74, 6) is 5.65. The molecule has 0 fully saturated rings. The van der Waals surface area contributed by atoms with E-state index in [1.807, 2.05) is 12.1 Å². The molecule has 0 saturated carbocycles. The maximum Gasteiger partial charge on any atom is 0.123 e. The molecule has 0 N–H and O–H groups in total. The normalized spacial score (nSPS) is 10.8. The maximum absolute atomic E-state index is 13.0. The molecule has 1 aromatic rings. The van der Waals surface area contributed by atoms with Crippen LogP contribution in [-0.4, -0.2) is 10.7 Å². The molecular weight excluding hydrogens is 335 g/mol. The summed E-state index contributed by atoms with van der Waals surface area (Å²) in [7, 11) is 0. The predicted octanol–water partition coefficient (Wildman–Crippen LogP) is 4.09. The molecule has 0 aliphatic rings. The second-order valence-corrected chi connectivity index (χ2v) is 4.32. The van der Waals surface area contributed by atoms with Crippen LogP contribution in [0.15, 0.2) is 35.9 Å². The van der Waals surface area contributed by atoms with Gasteiger partial charge in [0.2, 0.25) is 0 Å². The van der Waals surface area contributed by atoms with Crippen LogP contribution in [-0.2, 0) is 6.42 Å². The summed E-state index contributed by atoms with van der Waals surface area (Å²) >= 11 is 6.64. The molecule has 0 saturated heterocycles. The van der Waals surface area contributed by atoms with Gasteiger partial charge in [0.1, 0.15) is 5.82 Å². The van der Waals surface area contributed by atoms with Crippen LogP contribution in [0.3, 0.4) is 0 Å². The fourth-order valence-electron chi connectivity index (χ4n) is 1.24. The number of rotatable bonds is 3. The van der Waals surface area contributed by atoms with E-state index in [0.717, 1.165) is 22.9 Å². The van der Waals surface area contributed by atoms with E-state index >= 15 is 0 Å². The van der Waals surface area contributed by atoms with E-state index in [9.17, 15) is 4.39 Å². The Kier molecular flexibility index (Phi) is 6.44. The molecule has 0 radical (unpaired) electrons. The Morgan fingerprint density at radius 3 is 2.81 bits per heavy atom.